The van der Waals surface area contributed by atoms with E-state index in [1.54, 1.807) is 0 Å². The topological polar surface area (TPSA) is 80.3 Å². The number of phenols is 1. The van der Waals surface area contributed by atoms with Gasteiger partial charge in [-0.3, -0.25) is 9.48 Å². The smallest absolute Gasteiger partial charge is 0.435 e. The Kier molecular flexibility index (Phi) is 4.41. The number of phenolic OH excluding ortho intramolecular Hbond substituents is 1. The fraction of sp³-hybridized carbons (Fsp3) is 0.158. The van der Waals surface area contributed by atoms with Crippen LogP contribution in [0.1, 0.15) is 21.6 Å². The first kappa shape index (κ1) is 20.6. The molecule has 12 heteroatoms. The largest absolute Gasteiger partial charge is 0.504 e. The Labute approximate surface area is 169 Å². The van der Waals surface area contributed by atoms with E-state index in [4.69, 9.17) is 4.42 Å². The van der Waals surface area contributed by atoms with E-state index >= 15 is 0 Å². The Hall–Kier alpha value is -3.70. The van der Waals surface area contributed by atoms with Gasteiger partial charge in [-0.25, -0.2) is 0 Å². The standard InChI is InChI=1S/C19H11F6N3O3/c1-28-10(6-13(27-28)19(23,24)25)14-15(12-7-11(29)16(14)31-12)17(30)26-9-4-2-3-8(5-9)18(20,21)22/h2-7,29H,1H3,(H,26,30). The van der Waals surface area contributed by atoms with Crippen molar-refractivity contribution in [3.8, 4) is 17.0 Å². The number of carbonyl (C=O) groups is 1. The monoisotopic (exact) mass is 443 g/mol. The molecule has 4 aromatic rings. The van der Waals surface area contributed by atoms with Gasteiger partial charge in [0.1, 0.15) is 5.58 Å². The third kappa shape index (κ3) is 3.53. The molecule has 0 saturated heterocycles. The number of halogens is 6. The maximum absolute atomic E-state index is 13.0. The lowest BCUT2D eigenvalue weighted by atomic mass is 10.0. The number of aromatic nitrogens is 2. The van der Waals surface area contributed by atoms with Crippen molar-refractivity contribution in [1.82, 2.24) is 9.78 Å². The van der Waals surface area contributed by atoms with Gasteiger partial charge < -0.3 is 14.8 Å². The van der Waals surface area contributed by atoms with E-state index in [-0.39, 0.29) is 33.7 Å². The summed E-state index contributed by atoms with van der Waals surface area (Å²) in [7, 11) is 1.21. The van der Waals surface area contributed by atoms with Gasteiger partial charge in [-0.05, 0) is 24.3 Å². The number of hydrogen-bond acceptors (Lipinski definition) is 4. The highest BCUT2D eigenvalue weighted by Crippen LogP contribution is 2.44. The number of anilines is 1. The van der Waals surface area contributed by atoms with E-state index in [2.05, 4.69) is 10.4 Å². The molecule has 162 valence electrons. The molecular formula is C19H11F6N3O3. The van der Waals surface area contributed by atoms with Gasteiger partial charge in [-0.2, -0.15) is 31.4 Å². The van der Waals surface area contributed by atoms with Crippen LogP contribution in [0, 0.1) is 0 Å². The summed E-state index contributed by atoms with van der Waals surface area (Å²) >= 11 is 0. The highest BCUT2D eigenvalue weighted by molar-refractivity contribution is 6.17. The van der Waals surface area contributed by atoms with Gasteiger partial charge in [0.05, 0.1) is 22.4 Å². The number of nitrogens with one attached hydrogen (secondary N) is 1. The molecule has 2 bridgehead atoms. The first-order chi connectivity index (χ1) is 14.4. The lowest BCUT2D eigenvalue weighted by Gasteiger charge is -2.11. The SMILES string of the molecule is Cn1nc(C(F)(F)F)cc1-c1c(C(=O)Nc2cccc(C(F)(F)F)c2)c2cc(O)c1o2. The number of rotatable bonds is 3. The van der Waals surface area contributed by atoms with Crippen LogP contribution in [0.3, 0.4) is 0 Å². The van der Waals surface area contributed by atoms with Gasteiger partial charge >= 0.3 is 12.4 Å². The molecule has 1 aromatic carbocycles. The minimum absolute atomic E-state index is 0.151. The predicted molar refractivity (Wildman–Crippen MR) is 95.7 cm³/mol. The first-order valence-electron chi connectivity index (χ1n) is 8.54. The van der Waals surface area contributed by atoms with Crippen LogP contribution < -0.4 is 5.32 Å². The Morgan fingerprint density at radius 2 is 1.81 bits per heavy atom. The number of furan rings is 2. The molecule has 2 N–H and O–H groups in total. The lowest BCUT2D eigenvalue weighted by Crippen LogP contribution is -2.14. The summed E-state index contributed by atoms with van der Waals surface area (Å²) in [5, 5.41) is 15.6. The van der Waals surface area contributed by atoms with Gasteiger partial charge in [0.15, 0.2) is 17.0 Å². The molecule has 0 atom stereocenters. The van der Waals surface area contributed by atoms with Gasteiger partial charge in [0.2, 0.25) is 0 Å². The summed E-state index contributed by atoms with van der Waals surface area (Å²) < 4.78 is 84.0. The number of hydrogen-bond donors (Lipinski definition) is 2. The quantitative estimate of drug-likeness (QED) is 0.423. The maximum Gasteiger partial charge on any atom is 0.435 e. The van der Waals surface area contributed by atoms with Crippen LogP contribution >= 0.6 is 0 Å². The fourth-order valence-electron chi connectivity index (χ4n) is 3.20. The van der Waals surface area contributed by atoms with Crippen LogP contribution in [0.15, 0.2) is 40.8 Å². The van der Waals surface area contributed by atoms with Crippen LogP contribution in [0.2, 0.25) is 0 Å². The van der Waals surface area contributed by atoms with Crippen molar-refractivity contribution in [2.45, 2.75) is 12.4 Å². The molecular weight excluding hydrogens is 432 g/mol. The zero-order valence-corrected chi connectivity index (χ0v) is 15.4. The molecule has 3 aromatic heterocycles. The fourth-order valence-corrected chi connectivity index (χ4v) is 3.20. The Bertz CT molecular complexity index is 1290. The van der Waals surface area contributed by atoms with E-state index in [0.29, 0.717) is 12.1 Å². The summed E-state index contributed by atoms with van der Waals surface area (Å²) in [4.78, 5) is 12.8. The summed E-state index contributed by atoms with van der Waals surface area (Å²) in [6.07, 6.45) is -9.40. The first-order valence-corrected chi connectivity index (χ1v) is 8.54. The molecule has 0 aliphatic carbocycles. The Morgan fingerprint density at radius 3 is 2.42 bits per heavy atom. The third-order valence-electron chi connectivity index (χ3n) is 4.54. The summed E-state index contributed by atoms with van der Waals surface area (Å²) in [5.74, 6) is -1.34. The zero-order chi connectivity index (χ0) is 22.7. The molecule has 4 rings (SSSR count). The number of fused-ring (bicyclic) bond motifs is 2. The summed E-state index contributed by atoms with van der Waals surface area (Å²) in [6, 6.07) is 5.61. The van der Waals surface area contributed by atoms with Crippen molar-refractivity contribution in [2.75, 3.05) is 5.32 Å². The average Bonchev–Trinajstić information content (AvgIpc) is 3.32. The van der Waals surface area contributed by atoms with E-state index in [1.807, 2.05) is 0 Å². The van der Waals surface area contributed by atoms with Crippen molar-refractivity contribution in [1.29, 1.82) is 0 Å². The second kappa shape index (κ2) is 6.65. The van der Waals surface area contributed by atoms with Gasteiger partial charge in [0.25, 0.3) is 5.91 Å². The van der Waals surface area contributed by atoms with Gasteiger partial charge in [0, 0.05) is 18.8 Å². The molecule has 0 aliphatic heterocycles. The molecule has 31 heavy (non-hydrogen) atoms. The van der Waals surface area contributed by atoms with Crippen LogP contribution in [0.5, 0.6) is 5.75 Å². The molecule has 0 fully saturated rings. The highest BCUT2D eigenvalue weighted by atomic mass is 19.4. The number of aryl methyl sites for hydroxylation is 1. The minimum Gasteiger partial charge on any atom is -0.504 e. The van der Waals surface area contributed by atoms with Gasteiger partial charge in [-0.15, -0.1) is 0 Å². The van der Waals surface area contributed by atoms with Crippen LogP contribution in [0.4, 0.5) is 32.0 Å². The lowest BCUT2D eigenvalue weighted by molar-refractivity contribution is -0.141. The predicted octanol–water partition coefficient (Wildman–Crippen LogP) is 5.27. The molecule has 0 spiro atoms. The number of benzene rings is 2. The maximum atomic E-state index is 13.0. The second-order valence-corrected chi connectivity index (χ2v) is 6.64. The molecule has 0 radical (unpaired) electrons. The molecule has 0 saturated carbocycles. The highest BCUT2D eigenvalue weighted by Gasteiger charge is 2.37. The van der Waals surface area contributed by atoms with Crippen molar-refractivity contribution >= 4 is 22.8 Å². The summed E-state index contributed by atoms with van der Waals surface area (Å²) in [6.45, 7) is 0. The normalized spacial score (nSPS) is 12.6. The third-order valence-corrected chi connectivity index (χ3v) is 4.54. The molecule has 6 nitrogen and oxygen atoms in total. The van der Waals surface area contributed by atoms with E-state index in [9.17, 15) is 36.2 Å². The number of amides is 1. The second-order valence-electron chi connectivity index (χ2n) is 6.64. The van der Waals surface area contributed by atoms with E-state index in [0.717, 1.165) is 22.9 Å². The molecule has 0 unspecified atom stereocenters. The van der Waals surface area contributed by atoms with Crippen LogP contribution in [-0.2, 0) is 19.4 Å². The Balaban J connectivity index is 1.78. The minimum atomic E-state index is -4.76. The van der Waals surface area contributed by atoms with Crippen molar-refractivity contribution in [3.63, 3.8) is 0 Å². The molecule has 1 amide bonds. The van der Waals surface area contributed by atoms with Crippen LogP contribution in [-0.4, -0.2) is 20.8 Å². The van der Waals surface area contributed by atoms with Gasteiger partial charge in [-0.1, -0.05) is 6.07 Å². The number of alkyl halides is 6. The van der Waals surface area contributed by atoms with Crippen molar-refractivity contribution in [2.24, 2.45) is 7.05 Å². The van der Waals surface area contributed by atoms with E-state index in [1.165, 1.54) is 13.1 Å². The zero-order valence-electron chi connectivity index (χ0n) is 15.4. The van der Waals surface area contributed by atoms with Crippen molar-refractivity contribution < 1.29 is 40.7 Å². The Morgan fingerprint density at radius 1 is 1.10 bits per heavy atom. The van der Waals surface area contributed by atoms with Crippen LogP contribution in [0.25, 0.3) is 22.4 Å². The number of carbonyl (C=O) groups excluding carboxylic acids is 1. The summed E-state index contributed by atoms with van der Waals surface area (Å²) in [5.41, 5.74) is -3.40. The average molecular weight is 443 g/mol. The van der Waals surface area contributed by atoms with E-state index < -0.39 is 35.3 Å². The molecule has 0 aliphatic rings. The molecule has 3 heterocycles. The number of aromatic hydroxyl groups is 1. The number of nitrogens with zero attached hydrogens (tertiary/aromatic N) is 2. The van der Waals surface area contributed by atoms with Crippen molar-refractivity contribution in [3.05, 3.63) is 53.2 Å².